The summed E-state index contributed by atoms with van der Waals surface area (Å²) in [5.74, 6) is 1.58. The lowest BCUT2D eigenvalue weighted by Gasteiger charge is -2.31. The highest BCUT2D eigenvalue weighted by molar-refractivity contribution is 6.00. The lowest BCUT2D eigenvalue weighted by atomic mass is 9.93. The SMILES string of the molecule is CCCN1C=C(C#N)C(c2ccc(OC)cc2)=C(c2ccc(OC)cc2)N1. The fourth-order valence-corrected chi connectivity index (χ4v) is 3.06. The number of benzene rings is 2. The van der Waals surface area contributed by atoms with Crippen LogP contribution >= 0.6 is 0 Å². The first-order chi connectivity index (χ1) is 13.2. The lowest BCUT2D eigenvalue weighted by Crippen LogP contribution is -2.36. The summed E-state index contributed by atoms with van der Waals surface area (Å²) in [6.45, 7) is 2.91. The van der Waals surface area contributed by atoms with Crippen molar-refractivity contribution in [2.45, 2.75) is 13.3 Å². The molecule has 2 aromatic rings. The van der Waals surface area contributed by atoms with E-state index in [2.05, 4.69) is 18.4 Å². The second-order valence-electron chi connectivity index (χ2n) is 6.17. The average Bonchev–Trinajstić information content (AvgIpc) is 2.73. The van der Waals surface area contributed by atoms with Crippen molar-refractivity contribution in [1.82, 2.24) is 10.4 Å². The highest BCUT2D eigenvalue weighted by Gasteiger charge is 2.22. The van der Waals surface area contributed by atoms with Gasteiger partial charge in [-0.05, 0) is 48.4 Å². The standard InChI is InChI=1S/C22H23N3O2/c1-4-13-25-15-18(14-23)21(16-5-9-19(26-2)10-6-16)22(24-25)17-7-11-20(27-3)12-8-17/h5-12,15,24H,4,13H2,1-3H3. The largest absolute Gasteiger partial charge is 0.497 e. The van der Waals surface area contributed by atoms with E-state index < -0.39 is 0 Å². The van der Waals surface area contributed by atoms with Gasteiger partial charge in [0.05, 0.1) is 25.5 Å². The van der Waals surface area contributed by atoms with Crippen LogP contribution in [0.25, 0.3) is 11.3 Å². The van der Waals surface area contributed by atoms with Gasteiger partial charge in [0, 0.05) is 23.9 Å². The van der Waals surface area contributed by atoms with Crippen molar-refractivity contribution in [3.8, 4) is 17.6 Å². The van der Waals surface area contributed by atoms with Gasteiger partial charge in [-0.3, -0.25) is 10.4 Å². The van der Waals surface area contributed by atoms with E-state index in [9.17, 15) is 5.26 Å². The maximum Gasteiger partial charge on any atom is 0.118 e. The van der Waals surface area contributed by atoms with Gasteiger partial charge in [0.1, 0.15) is 17.6 Å². The maximum atomic E-state index is 9.80. The molecule has 0 aliphatic carbocycles. The van der Waals surface area contributed by atoms with Crippen LogP contribution in [0.1, 0.15) is 24.5 Å². The Hall–Kier alpha value is -3.39. The molecule has 0 fully saturated rings. The van der Waals surface area contributed by atoms with Gasteiger partial charge >= 0.3 is 0 Å². The van der Waals surface area contributed by atoms with Gasteiger partial charge in [-0.15, -0.1) is 0 Å². The normalized spacial score (nSPS) is 13.6. The monoisotopic (exact) mass is 361 g/mol. The van der Waals surface area contributed by atoms with E-state index in [0.29, 0.717) is 5.57 Å². The zero-order valence-corrected chi connectivity index (χ0v) is 15.8. The van der Waals surface area contributed by atoms with Crippen molar-refractivity contribution in [2.24, 2.45) is 0 Å². The van der Waals surface area contributed by atoms with Crippen LogP contribution in [-0.4, -0.2) is 25.8 Å². The van der Waals surface area contributed by atoms with E-state index in [1.165, 1.54) is 0 Å². The Kier molecular flexibility index (Phi) is 5.68. The van der Waals surface area contributed by atoms with Crippen LogP contribution < -0.4 is 14.9 Å². The van der Waals surface area contributed by atoms with E-state index in [-0.39, 0.29) is 0 Å². The molecule has 1 aliphatic rings. The smallest absolute Gasteiger partial charge is 0.118 e. The molecule has 3 rings (SSSR count). The first-order valence-corrected chi connectivity index (χ1v) is 8.88. The van der Waals surface area contributed by atoms with E-state index in [0.717, 1.165) is 46.9 Å². The molecule has 2 aromatic carbocycles. The molecule has 0 bridgehead atoms. The number of allylic oxidation sites excluding steroid dienone is 2. The van der Waals surface area contributed by atoms with Crippen molar-refractivity contribution in [1.29, 1.82) is 5.26 Å². The number of hydrogen-bond donors (Lipinski definition) is 1. The minimum absolute atomic E-state index is 0.623. The Balaban J connectivity index is 2.14. The molecular weight excluding hydrogens is 338 g/mol. The third kappa shape index (κ3) is 3.90. The Bertz CT molecular complexity index is 891. The summed E-state index contributed by atoms with van der Waals surface area (Å²) in [6, 6.07) is 17.9. The van der Waals surface area contributed by atoms with Gasteiger partial charge in [-0.1, -0.05) is 19.1 Å². The third-order valence-electron chi connectivity index (χ3n) is 4.40. The summed E-state index contributed by atoms with van der Waals surface area (Å²) in [5.41, 5.74) is 7.80. The Morgan fingerprint density at radius 3 is 1.96 bits per heavy atom. The quantitative estimate of drug-likeness (QED) is 0.835. The highest BCUT2D eigenvalue weighted by Crippen LogP contribution is 2.35. The average molecular weight is 361 g/mol. The molecule has 1 N–H and O–H groups in total. The van der Waals surface area contributed by atoms with Crippen molar-refractivity contribution in [2.75, 3.05) is 20.8 Å². The number of ether oxygens (including phenoxy) is 2. The second kappa shape index (κ2) is 8.33. The number of rotatable bonds is 6. The summed E-state index contributed by atoms with van der Waals surface area (Å²) in [5, 5.41) is 11.8. The molecule has 138 valence electrons. The van der Waals surface area contributed by atoms with E-state index >= 15 is 0 Å². The van der Waals surface area contributed by atoms with Gasteiger partial charge in [0.25, 0.3) is 0 Å². The molecule has 1 heterocycles. The zero-order chi connectivity index (χ0) is 19.2. The maximum absolute atomic E-state index is 9.80. The van der Waals surface area contributed by atoms with Crippen LogP contribution in [0.5, 0.6) is 11.5 Å². The Morgan fingerprint density at radius 1 is 0.926 bits per heavy atom. The van der Waals surface area contributed by atoms with Crippen LogP contribution in [0.4, 0.5) is 0 Å². The lowest BCUT2D eigenvalue weighted by molar-refractivity contribution is 0.321. The van der Waals surface area contributed by atoms with Gasteiger partial charge in [-0.25, -0.2) is 0 Å². The van der Waals surface area contributed by atoms with E-state index in [1.54, 1.807) is 14.2 Å². The third-order valence-corrected chi connectivity index (χ3v) is 4.40. The molecule has 0 saturated carbocycles. The molecule has 27 heavy (non-hydrogen) atoms. The summed E-state index contributed by atoms with van der Waals surface area (Å²) in [4.78, 5) is 0. The molecule has 0 radical (unpaired) electrons. The van der Waals surface area contributed by atoms with Crippen molar-refractivity contribution >= 4 is 11.3 Å². The van der Waals surface area contributed by atoms with Crippen LogP contribution in [0.3, 0.4) is 0 Å². The molecule has 0 amide bonds. The molecule has 1 aliphatic heterocycles. The molecule has 0 saturated heterocycles. The fraction of sp³-hybridized carbons (Fsp3) is 0.227. The molecule has 0 unspecified atom stereocenters. The number of nitriles is 1. The van der Waals surface area contributed by atoms with Crippen molar-refractivity contribution < 1.29 is 9.47 Å². The van der Waals surface area contributed by atoms with Gasteiger partial charge < -0.3 is 9.47 Å². The van der Waals surface area contributed by atoms with Crippen LogP contribution in [-0.2, 0) is 0 Å². The van der Waals surface area contributed by atoms with E-state index in [4.69, 9.17) is 9.47 Å². The van der Waals surface area contributed by atoms with Crippen molar-refractivity contribution in [3.63, 3.8) is 0 Å². The molecule has 0 atom stereocenters. The number of hydrazine groups is 1. The molecule has 5 nitrogen and oxygen atoms in total. The van der Waals surface area contributed by atoms with Crippen LogP contribution in [0, 0.1) is 11.3 Å². The van der Waals surface area contributed by atoms with Gasteiger partial charge in [0.15, 0.2) is 0 Å². The predicted molar refractivity (Wildman–Crippen MR) is 107 cm³/mol. The van der Waals surface area contributed by atoms with Crippen LogP contribution in [0.2, 0.25) is 0 Å². The highest BCUT2D eigenvalue weighted by atomic mass is 16.5. The first-order valence-electron chi connectivity index (χ1n) is 8.88. The second-order valence-corrected chi connectivity index (χ2v) is 6.17. The van der Waals surface area contributed by atoms with Gasteiger partial charge in [0.2, 0.25) is 0 Å². The number of methoxy groups -OCH3 is 2. The van der Waals surface area contributed by atoms with Crippen LogP contribution in [0.15, 0.2) is 60.3 Å². The summed E-state index contributed by atoms with van der Waals surface area (Å²) in [6.07, 6.45) is 2.84. The van der Waals surface area contributed by atoms with E-state index in [1.807, 2.05) is 59.7 Å². The fourth-order valence-electron chi connectivity index (χ4n) is 3.06. The first kappa shape index (κ1) is 18.4. The molecule has 0 aromatic heterocycles. The van der Waals surface area contributed by atoms with Crippen molar-refractivity contribution in [3.05, 3.63) is 71.4 Å². The zero-order valence-electron chi connectivity index (χ0n) is 15.8. The number of hydrogen-bond acceptors (Lipinski definition) is 5. The van der Waals surface area contributed by atoms with Gasteiger partial charge in [-0.2, -0.15) is 5.26 Å². The summed E-state index contributed by atoms with van der Waals surface area (Å²) < 4.78 is 10.5. The Labute approximate surface area is 160 Å². The summed E-state index contributed by atoms with van der Waals surface area (Å²) in [7, 11) is 3.29. The molecular formula is C22H23N3O2. The minimum atomic E-state index is 0.623. The predicted octanol–water partition coefficient (Wildman–Crippen LogP) is 4.21. The number of nitrogens with one attached hydrogen (secondary N) is 1. The summed E-state index contributed by atoms with van der Waals surface area (Å²) >= 11 is 0. The minimum Gasteiger partial charge on any atom is -0.497 e. The topological polar surface area (TPSA) is 57.5 Å². The number of nitrogens with zero attached hydrogens (tertiary/aromatic N) is 2. The molecule has 5 heteroatoms. The Morgan fingerprint density at radius 2 is 1.48 bits per heavy atom. The molecule has 0 spiro atoms.